The van der Waals surface area contributed by atoms with Crippen molar-refractivity contribution in [1.82, 2.24) is 19.5 Å². The Kier molecular flexibility index (Phi) is 6.15. The minimum Gasteiger partial charge on any atom is -0.383 e. The standard InChI is InChI=1S/C34H41N7S/c1-42(2,3)21-19-40(20-22-42)27-8-4-7-24(23-27)29-14-15-30-33(38-29)41(32(39-30)28-9-5-18-37-31(28)35)26-12-10-25(11-13-26)34(36)16-6-17-34/h4-5,7-15,18,23,42H,6,16-17,19-22,36H2,1-3H3,(H2,35,37). The molecule has 3 aromatic heterocycles. The highest BCUT2D eigenvalue weighted by molar-refractivity contribution is 8.48. The number of nitrogen functional groups attached to an aromatic ring is 1. The number of thiol groups is 1. The van der Waals surface area contributed by atoms with Gasteiger partial charge in [0, 0.05) is 41.8 Å². The van der Waals surface area contributed by atoms with Crippen LogP contribution < -0.4 is 16.4 Å². The number of rotatable bonds is 5. The molecule has 1 aliphatic carbocycles. The zero-order valence-corrected chi connectivity index (χ0v) is 25.7. The largest absolute Gasteiger partial charge is 0.383 e. The summed E-state index contributed by atoms with van der Waals surface area (Å²) in [6.07, 6.45) is 12.5. The van der Waals surface area contributed by atoms with E-state index in [1.54, 1.807) is 6.20 Å². The summed E-state index contributed by atoms with van der Waals surface area (Å²) in [4.78, 5) is 17.1. The normalized spacial score (nSPS) is 20.0. The Hall–Kier alpha value is -3.88. The van der Waals surface area contributed by atoms with Gasteiger partial charge in [-0.25, -0.2) is 15.0 Å². The number of fused-ring (bicyclic) bond motifs is 1. The van der Waals surface area contributed by atoms with Crippen LogP contribution in [0.3, 0.4) is 0 Å². The van der Waals surface area contributed by atoms with Crippen molar-refractivity contribution in [1.29, 1.82) is 0 Å². The van der Waals surface area contributed by atoms with Gasteiger partial charge in [-0.15, -0.1) is 0 Å². The molecule has 4 N–H and O–H groups in total. The smallest absolute Gasteiger partial charge is 0.165 e. The van der Waals surface area contributed by atoms with Gasteiger partial charge in [-0.05, 0) is 104 Å². The second-order valence-corrected chi connectivity index (χ2v) is 21.6. The van der Waals surface area contributed by atoms with E-state index in [2.05, 4.69) is 93.9 Å². The van der Waals surface area contributed by atoms with Gasteiger partial charge in [0.2, 0.25) is 0 Å². The van der Waals surface area contributed by atoms with E-state index in [1.165, 1.54) is 29.2 Å². The molecule has 7 rings (SSSR count). The molecule has 0 radical (unpaired) electrons. The van der Waals surface area contributed by atoms with Crippen LogP contribution in [0, 0.1) is 0 Å². The maximum absolute atomic E-state index is 6.64. The highest BCUT2D eigenvalue weighted by Gasteiger charge is 2.34. The third-order valence-corrected chi connectivity index (χ3v) is 13.2. The van der Waals surface area contributed by atoms with Crippen LogP contribution in [-0.4, -0.2) is 62.9 Å². The zero-order valence-electron chi connectivity index (χ0n) is 24.8. The minimum absolute atomic E-state index is 0.216. The number of anilines is 2. The van der Waals surface area contributed by atoms with E-state index in [1.807, 2.05) is 12.1 Å². The molecule has 0 spiro atoms. The van der Waals surface area contributed by atoms with Crippen molar-refractivity contribution in [3.8, 4) is 28.3 Å². The highest BCUT2D eigenvalue weighted by atomic mass is 32.3. The van der Waals surface area contributed by atoms with Crippen LogP contribution in [0.25, 0.3) is 39.5 Å². The topological polar surface area (TPSA) is 98.9 Å². The second kappa shape index (κ2) is 9.57. The summed E-state index contributed by atoms with van der Waals surface area (Å²) in [6, 6.07) is 25.3. The summed E-state index contributed by atoms with van der Waals surface area (Å²) < 4.78 is 2.10. The molecule has 1 saturated carbocycles. The Morgan fingerprint density at radius 2 is 1.60 bits per heavy atom. The fourth-order valence-corrected chi connectivity index (χ4v) is 8.45. The van der Waals surface area contributed by atoms with Gasteiger partial charge in [0.25, 0.3) is 0 Å². The Labute approximate surface area is 248 Å². The van der Waals surface area contributed by atoms with E-state index in [9.17, 15) is 0 Å². The molecule has 218 valence electrons. The van der Waals surface area contributed by atoms with E-state index in [-0.39, 0.29) is 5.54 Å². The number of aromatic nitrogens is 4. The fraction of sp³-hybridized carbons (Fsp3) is 0.324. The summed E-state index contributed by atoms with van der Waals surface area (Å²) in [5, 5.41) is 0. The van der Waals surface area contributed by atoms with Crippen molar-refractivity contribution in [3.05, 3.63) is 84.6 Å². The Morgan fingerprint density at radius 1 is 0.833 bits per heavy atom. The van der Waals surface area contributed by atoms with Crippen molar-refractivity contribution in [2.24, 2.45) is 5.73 Å². The Bertz CT molecular complexity index is 1780. The molecular weight excluding hydrogens is 538 g/mol. The summed E-state index contributed by atoms with van der Waals surface area (Å²) >= 11 is 0. The number of hydrogen-bond donors (Lipinski definition) is 3. The third-order valence-electron chi connectivity index (χ3n) is 9.43. The number of nitrogens with zero attached hydrogens (tertiary/aromatic N) is 5. The average Bonchev–Trinajstić information content (AvgIpc) is 3.34. The highest BCUT2D eigenvalue weighted by Crippen LogP contribution is 2.60. The van der Waals surface area contributed by atoms with Gasteiger partial charge < -0.3 is 16.4 Å². The van der Waals surface area contributed by atoms with Crippen LogP contribution in [0.4, 0.5) is 11.5 Å². The third kappa shape index (κ3) is 4.82. The maximum Gasteiger partial charge on any atom is 0.165 e. The molecule has 2 aromatic carbocycles. The van der Waals surface area contributed by atoms with Crippen LogP contribution in [0.1, 0.15) is 24.8 Å². The van der Waals surface area contributed by atoms with Crippen molar-refractivity contribution in [3.63, 3.8) is 0 Å². The molecule has 2 fully saturated rings. The van der Waals surface area contributed by atoms with Crippen molar-refractivity contribution in [2.75, 3.05) is 54.0 Å². The summed E-state index contributed by atoms with van der Waals surface area (Å²) in [5.41, 5.74) is 20.6. The number of imidazole rings is 1. The van der Waals surface area contributed by atoms with Crippen LogP contribution >= 0.6 is 9.16 Å². The fourth-order valence-electron chi connectivity index (χ4n) is 6.27. The van der Waals surface area contributed by atoms with Gasteiger partial charge in [-0.3, -0.25) is 13.7 Å². The van der Waals surface area contributed by atoms with E-state index in [4.69, 9.17) is 21.4 Å². The van der Waals surface area contributed by atoms with Gasteiger partial charge in [0.15, 0.2) is 11.5 Å². The Balaban J connectivity index is 1.32. The van der Waals surface area contributed by atoms with E-state index < -0.39 is 9.16 Å². The molecule has 0 amide bonds. The summed E-state index contributed by atoms with van der Waals surface area (Å²) in [6.45, 7) is 2.22. The molecule has 5 aromatic rings. The molecular formula is C34H41N7S. The number of nitrogens with two attached hydrogens (primary N) is 2. The van der Waals surface area contributed by atoms with Gasteiger partial charge in [0.1, 0.15) is 11.3 Å². The molecule has 1 aliphatic heterocycles. The average molecular weight is 580 g/mol. The second-order valence-electron chi connectivity index (χ2n) is 13.8. The predicted molar refractivity (Wildman–Crippen MR) is 180 cm³/mol. The predicted octanol–water partition coefficient (Wildman–Crippen LogP) is 5.85. The Morgan fingerprint density at radius 3 is 2.29 bits per heavy atom. The molecule has 42 heavy (non-hydrogen) atoms. The monoisotopic (exact) mass is 579 g/mol. The van der Waals surface area contributed by atoms with E-state index in [0.717, 1.165) is 65.4 Å². The maximum atomic E-state index is 6.64. The molecule has 2 aliphatic rings. The van der Waals surface area contributed by atoms with Crippen molar-refractivity contribution < 1.29 is 0 Å². The summed E-state index contributed by atoms with van der Waals surface area (Å²) in [5.74, 6) is 3.75. The first-order chi connectivity index (χ1) is 20.1. The van der Waals surface area contributed by atoms with Crippen LogP contribution in [0.5, 0.6) is 0 Å². The first kappa shape index (κ1) is 27.0. The molecule has 8 heteroatoms. The number of pyridine rings is 2. The lowest BCUT2D eigenvalue weighted by molar-refractivity contribution is 0.253. The SMILES string of the molecule is C[SH]1(C)(C)CCN(c2cccc(-c3ccc4nc(-c5cccnc5N)n(-c5ccc(C6(N)CCC6)cc5)c4n3)c2)CC1. The molecule has 1 saturated heterocycles. The first-order valence-corrected chi connectivity index (χ1v) is 18.9. The van der Waals surface area contributed by atoms with Crippen LogP contribution in [-0.2, 0) is 5.54 Å². The molecule has 0 unspecified atom stereocenters. The molecule has 0 atom stereocenters. The van der Waals surface area contributed by atoms with E-state index in [0.29, 0.717) is 5.82 Å². The summed E-state index contributed by atoms with van der Waals surface area (Å²) in [7, 11) is -1.51. The van der Waals surface area contributed by atoms with E-state index >= 15 is 0 Å². The van der Waals surface area contributed by atoms with Crippen molar-refractivity contribution in [2.45, 2.75) is 24.8 Å². The lowest BCUT2D eigenvalue weighted by atomic mass is 9.73. The van der Waals surface area contributed by atoms with Crippen LogP contribution in [0.15, 0.2) is 79.0 Å². The number of hydrogen-bond acceptors (Lipinski definition) is 6. The van der Waals surface area contributed by atoms with Gasteiger partial charge in [0.05, 0.1) is 11.3 Å². The first-order valence-electron chi connectivity index (χ1n) is 14.9. The molecule has 7 nitrogen and oxygen atoms in total. The minimum atomic E-state index is -1.51. The van der Waals surface area contributed by atoms with Gasteiger partial charge in [-0.1, -0.05) is 24.3 Å². The lowest BCUT2D eigenvalue weighted by Crippen LogP contribution is -2.43. The van der Waals surface area contributed by atoms with Crippen LogP contribution in [0.2, 0.25) is 0 Å². The van der Waals surface area contributed by atoms with Crippen molar-refractivity contribution >= 4 is 31.8 Å². The van der Waals surface area contributed by atoms with Gasteiger partial charge >= 0.3 is 0 Å². The van der Waals surface area contributed by atoms with Gasteiger partial charge in [-0.2, -0.15) is 0 Å². The zero-order chi connectivity index (χ0) is 29.1. The quantitative estimate of drug-likeness (QED) is 0.226. The lowest BCUT2D eigenvalue weighted by Gasteiger charge is -2.56. The number of benzene rings is 2. The molecule has 4 heterocycles. The molecule has 0 bridgehead atoms.